The lowest BCUT2D eigenvalue weighted by molar-refractivity contribution is -0.131. The lowest BCUT2D eigenvalue weighted by Crippen LogP contribution is -2.56. The van der Waals surface area contributed by atoms with Crippen molar-refractivity contribution in [2.24, 2.45) is 0 Å². The summed E-state index contributed by atoms with van der Waals surface area (Å²) < 4.78 is 12.5. The molecule has 1 unspecified atom stereocenters. The van der Waals surface area contributed by atoms with Crippen LogP contribution in [0.25, 0.3) is 0 Å². The standard InChI is InChI=1S/C20H21FN2O2S/c1-3-23-16-10-6-7-11-17(16)26-20(2,19(23)25)18(24)22-13-12-14-8-4-5-9-15(14)21/h4-11H,3,12-13H2,1-2H3,(H,22,24). The van der Waals surface area contributed by atoms with Gasteiger partial charge in [0.15, 0.2) is 4.75 Å². The van der Waals surface area contributed by atoms with Gasteiger partial charge in [0.05, 0.1) is 5.69 Å². The van der Waals surface area contributed by atoms with E-state index in [4.69, 9.17) is 0 Å². The van der Waals surface area contributed by atoms with Crippen LogP contribution < -0.4 is 10.2 Å². The monoisotopic (exact) mass is 372 g/mol. The molecule has 0 saturated carbocycles. The smallest absolute Gasteiger partial charge is 0.252 e. The molecule has 0 aromatic heterocycles. The van der Waals surface area contributed by atoms with Crippen molar-refractivity contribution in [2.45, 2.75) is 29.9 Å². The highest BCUT2D eigenvalue weighted by atomic mass is 32.2. The zero-order chi connectivity index (χ0) is 18.7. The third-order valence-corrected chi connectivity index (χ3v) is 5.84. The van der Waals surface area contributed by atoms with Gasteiger partial charge in [-0.2, -0.15) is 0 Å². The molecule has 2 aromatic carbocycles. The fraction of sp³-hybridized carbons (Fsp3) is 0.300. The maximum atomic E-state index is 13.7. The Morgan fingerprint density at radius 3 is 2.62 bits per heavy atom. The molecule has 1 atom stereocenters. The molecule has 1 N–H and O–H groups in total. The van der Waals surface area contributed by atoms with E-state index in [0.717, 1.165) is 10.6 Å². The van der Waals surface area contributed by atoms with E-state index in [0.29, 0.717) is 18.5 Å². The predicted molar refractivity (Wildman–Crippen MR) is 102 cm³/mol. The van der Waals surface area contributed by atoms with Gasteiger partial charge in [0.1, 0.15) is 5.82 Å². The number of para-hydroxylation sites is 1. The molecule has 2 aromatic rings. The van der Waals surface area contributed by atoms with Crippen molar-refractivity contribution in [2.75, 3.05) is 18.0 Å². The van der Waals surface area contributed by atoms with Gasteiger partial charge in [0, 0.05) is 18.0 Å². The molecule has 0 fully saturated rings. The van der Waals surface area contributed by atoms with E-state index in [9.17, 15) is 14.0 Å². The first-order chi connectivity index (χ1) is 12.5. The minimum Gasteiger partial charge on any atom is -0.354 e. The number of fused-ring (bicyclic) bond motifs is 1. The van der Waals surface area contributed by atoms with Gasteiger partial charge < -0.3 is 10.2 Å². The summed E-state index contributed by atoms with van der Waals surface area (Å²) in [5.74, 6) is -0.869. The molecule has 0 saturated heterocycles. The van der Waals surface area contributed by atoms with Crippen LogP contribution in [0.1, 0.15) is 19.4 Å². The molecule has 1 heterocycles. The summed E-state index contributed by atoms with van der Waals surface area (Å²) in [6, 6.07) is 14.1. The van der Waals surface area contributed by atoms with Crippen LogP contribution in [0.15, 0.2) is 53.4 Å². The number of nitrogens with one attached hydrogen (secondary N) is 1. The number of halogens is 1. The Morgan fingerprint density at radius 2 is 1.88 bits per heavy atom. The molecule has 6 heteroatoms. The van der Waals surface area contributed by atoms with Crippen LogP contribution in [0.4, 0.5) is 10.1 Å². The van der Waals surface area contributed by atoms with Crippen molar-refractivity contribution in [3.8, 4) is 0 Å². The predicted octanol–water partition coefficient (Wildman–Crippen LogP) is 3.40. The van der Waals surface area contributed by atoms with Gasteiger partial charge in [-0.25, -0.2) is 4.39 Å². The first-order valence-electron chi connectivity index (χ1n) is 8.59. The number of anilines is 1. The van der Waals surface area contributed by atoms with Gasteiger partial charge in [-0.05, 0) is 44.0 Å². The lowest BCUT2D eigenvalue weighted by atomic mass is 10.1. The Kier molecular flexibility index (Phi) is 5.32. The highest BCUT2D eigenvalue weighted by molar-refractivity contribution is 8.02. The summed E-state index contributed by atoms with van der Waals surface area (Å²) in [5, 5.41) is 2.80. The van der Waals surface area contributed by atoms with Crippen molar-refractivity contribution in [3.05, 3.63) is 59.9 Å². The van der Waals surface area contributed by atoms with E-state index in [1.165, 1.54) is 17.8 Å². The van der Waals surface area contributed by atoms with E-state index in [1.54, 1.807) is 30.0 Å². The first kappa shape index (κ1) is 18.5. The number of nitrogens with zero attached hydrogens (tertiary/aromatic N) is 1. The summed E-state index contributed by atoms with van der Waals surface area (Å²) in [5.41, 5.74) is 1.38. The maximum Gasteiger partial charge on any atom is 0.252 e. The molecule has 1 aliphatic rings. The van der Waals surface area contributed by atoms with Gasteiger partial charge >= 0.3 is 0 Å². The second-order valence-electron chi connectivity index (χ2n) is 6.25. The Hall–Kier alpha value is -2.34. The summed E-state index contributed by atoms with van der Waals surface area (Å²) in [7, 11) is 0. The number of hydrogen-bond acceptors (Lipinski definition) is 3. The average molecular weight is 372 g/mol. The summed E-state index contributed by atoms with van der Waals surface area (Å²) in [4.78, 5) is 28.3. The summed E-state index contributed by atoms with van der Waals surface area (Å²) in [6.45, 7) is 4.31. The maximum absolute atomic E-state index is 13.7. The highest BCUT2D eigenvalue weighted by Gasteiger charge is 2.48. The zero-order valence-electron chi connectivity index (χ0n) is 14.8. The molecule has 2 amide bonds. The van der Waals surface area contributed by atoms with Crippen LogP contribution in [-0.4, -0.2) is 29.7 Å². The minimum absolute atomic E-state index is 0.230. The average Bonchev–Trinajstić information content (AvgIpc) is 2.64. The van der Waals surface area contributed by atoms with Crippen molar-refractivity contribution in [3.63, 3.8) is 0 Å². The first-order valence-corrected chi connectivity index (χ1v) is 9.40. The number of amides is 2. The van der Waals surface area contributed by atoms with E-state index >= 15 is 0 Å². The molecular formula is C20H21FN2O2S. The highest BCUT2D eigenvalue weighted by Crippen LogP contribution is 2.45. The Morgan fingerprint density at radius 1 is 1.19 bits per heavy atom. The molecule has 0 radical (unpaired) electrons. The third-order valence-electron chi connectivity index (χ3n) is 4.51. The van der Waals surface area contributed by atoms with E-state index in [2.05, 4.69) is 5.32 Å². The van der Waals surface area contributed by atoms with Gasteiger partial charge in [0.2, 0.25) is 5.91 Å². The molecule has 0 bridgehead atoms. The summed E-state index contributed by atoms with van der Waals surface area (Å²) >= 11 is 1.27. The van der Waals surface area contributed by atoms with Crippen LogP contribution in [0.2, 0.25) is 0 Å². The van der Waals surface area contributed by atoms with Crippen LogP contribution in [0, 0.1) is 5.82 Å². The number of hydrogen-bond donors (Lipinski definition) is 1. The van der Waals surface area contributed by atoms with E-state index in [1.807, 2.05) is 31.2 Å². The van der Waals surface area contributed by atoms with Crippen molar-refractivity contribution in [1.82, 2.24) is 5.32 Å². The number of carbonyl (C=O) groups excluding carboxylic acids is 2. The van der Waals surface area contributed by atoms with Crippen LogP contribution in [0.5, 0.6) is 0 Å². The van der Waals surface area contributed by atoms with E-state index < -0.39 is 4.75 Å². The molecule has 0 aliphatic carbocycles. The topological polar surface area (TPSA) is 49.4 Å². The Labute approximate surface area is 156 Å². The second kappa shape index (κ2) is 7.50. The number of rotatable bonds is 5. The zero-order valence-corrected chi connectivity index (χ0v) is 15.6. The molecule has 26 heavy (non-hydrogen) atoms. The molecule has 136 valence electrons. The summed E-state index contributed by atoms with van der Waals surface area (Å²) in [6.07, 6.45) is 0.376. The number of carbonyl (C=O) groups is 2. The SMILES string of the molecule is CCN1C(=O)C(C)(C(=O)NCCc2ccccc2F)Sc2ccccc21. The van der Waals surface area contributed by atoms with Gasteiger partial charge in [-0.3, -0.25) is 9.59 Å². The van der Waals surface area contributed by atoms with Crippen LogP contribution in [-0.2, 0) is 16.0 Å². The second-order valence-corrected chi connectivity index (χ2v) is 7.71. The Bertz CT molecular complexity index is 842. The molecule has 0 spiro atoms. The van der Waals surface area contributed by atoms with Gasteiger partial charge in [-0.15, -0.1) is 0 Å². The van der Waals surface area contributed by atoms with Crippen LogP contribution >= 0.6 is 11.8 Å². The Balaban J connectivity index is 1.74. The molecule has 4 nitrogen and oxygen atoms in total. The van der Waals surface area contributed by atoms with Gasteiger partial charge in [-0.1, -0.05) is 42.1 Å². The quantitative estimate of drug-likeness (QED) is 0.819. The fourth-order valence-corrected chi connectivity index (χ4v) is 4.27. The van der Waals surface area contributed by atoms with Crippen LogP contribution in [0.3, 0.4) is 0 Å². The normalized spacial score (nSPS) is 19.2. The van der Waals surface area contributed by atoms with Crippen molar-refractivity contribution in [1.29, 1.82) is 0 Å². The number of thioether (sulfide) groups is 1. The fourth-order valence-electron chi connectivity index (χ4n) is 3.03. The van der Waals surface area contributed by atoms with E-state index in [-0.39, 0.29) is 24.2 Å². The largest absolute Gasteiger partial charge is 0.354 e. The third kappa shape index (κ3) is 3.33. The minimum atomic E-state index is -1.24. The molecule has 3 rings (SSSR count). The lowest BCUT2D eigenvalue weighted by Gasteiger charge is -2.38. The molecular weight excluding hydrogens is 351 g/mol. The number of benzene rings is 2. The molecule has 1 aliphatic heterocycles. The van der Waals surface area contributed by atoms with Crippen molar-refractivity contribution >= 4 is 29.3 Å². The van der Waals surface area contributed by atoms with Gasteiger partial charge in [0.25, 0.3) is 5.91 Å². The van der Waals surface area contributed by atoms with Crippen molar-refractivity contribution < 1.29 is 14.0 Å².